The molecule has 3 aliphatic rings. The smallest absolute Gasteiger partial charge is 0.250 e. The van der Waals surface area contributed by atoms with E-state index < -0.39 is 35.1 Å². The summed E-state index contributed by atoms with van der Waals surface area (Å²) in [6.07, 6.45) is 1.54. The fraction of sp³-hybridized carbons (Fsp3) is 0.609. The molecular weight excluding hydrogens is 414 g/mol. The summed E-state index contributed by atoms with van der Waals surface area (Å²) in [6.45, 7) is 3.42. The summed E-state index contributed by atoms with van der Waals surface area (Å²) in [5.41, 5.74) is -1.37. The molecule has 0 radical (unpaired) electrons. The number of likely N-dealkylation sites (tertiary alicyclic amines) is 1. The highest BCUT2D eigenvalue weighted by molar-refractivity contribution is 6.03. The minimum absolute atomic E-state index is 0.263. The molecule has 9 nitrogen and oxygen atoms in total. The first-order valence-electron chi connectivity index (χ1n) is 11.1. The van der Waals surface area contributed by atoms with Crippen LogP contribution in [0.25, 0.3) is 0 Å². The molecule has 0 aliphatic carbocycles. The van der Waals surface area contributed by atoms with Crippen molar-refractivity contribution >= 4 is 23.4 Å². The first-order valence-corrected chi connectivity index (χ1v) is 11.1. The average molecular weight is 446 g/mol. The van der Waals surface area contributed by atoms with Crippen molar-refractivity contribution in [3.63, 3.8) is 0 Å². The molecule has 1 spiro atoms. The van der Waals surface area contributed by atoms with E-state index in [4.69, 9.17) is 9.47 Å². The second kappa shape index (κ2) is 8.04. The average Bonchev–Trinajstić information content (AvgIpc) is 3.36. The second-order valence-corrected chi connectivity index (χ2v) is 9.05. The van der Waals surface area contributed by atoms with Crippen LogP contribution in [0.3, 0.4) is 0 Å². The van der Waals surface area contributed by atoms with E-state index in [-0.39, 0.29) is 24.3 Å². The van der Waals surface area contributed by atoms with Gasteiger partial charge in [0.15, 0.2) is 0 Å². The number of rotatable bonds is 7. The molecule has 3 N–H and O–H groups in total. The van der Waals surface area contributed by atoms with Gasteiger partial charge in [-0.3, -0.25) is 14.4 Å². The van der Waals surface area contributed by atoms with Crippen LogP contribution in [0.15, 0.2) is 24.3 Å². The number of nitrogens with zero attached hydrogens (tertiary/aromatic N) is 1. The van der Waals surface area contributed by atoms with Gasteiger partial charge in [0.1, 0.15) is 17.4 Å². The first-order chi connectivity index (χ1) is 15.3. The van der Waals surface area contributed by atoms with E-state index in [9.17, 15) is 19.5 Å². The van der Waals surface area contributed by atoms with Crippen molar-refractivity contribution in [3.8, 4) is 5.75 Å². The largest absolute Gasteiger partial charge is 0.497 e. The van der Waals surface area contributed by atoms with Gasteiger partial charge < -0.3 is 30.1 Å². The minimum Gasteiger partial charge on any atom is -0.497 e. The number of carbonyl (C=O) groups is 3. The molecule has 3 saturated heterocycles. The van der Waals surface area contributed by atoms with Gasteiger partial charge in [0.2, 0.25) is 17.7 Å². The molecule has 3 fully saturated rings. The molecule has 0 saturated carbocycles. The van der Waals surface area contributed by atoms with Crippen LogP contribution in [-0.2, 0) is 19.1 Å². The van der Waals surface area contributed by atoms with Gasteiger partial charge in [0, 0.05) is 12.7 Å². The number of aliphatic hydroxyl groups is 1. The Morgan fingerprint density at radius 1 is 1.28 bits per heavy atom. The topological polar surface area (TPSA) is 117 Å². The zero-order valence-electron chi connectivity index (χ0n) is 18.9. The SMILES string of the molecule is CC[C@@H](CO)N1C(=O)[C@@H]2[C@H](C(=O)NC)[C@]3(C)CCC2(O3)C1C(=O)Nc1ccc(OC)cc1. The fourth-order valence-electron chi connectivity index (χ4n) is 5.91. The number of nitrogens with one attached hydrogen (secondary N) is 2. The number of ether oxygens (including phenoxy) is 2. The van der Waals surface area contributed by atoms with E-state index in [1.54, 1.807) is 31.4 Å². The van der Waals surface area contributed by atoms with E-state index >= 15 is 0 Å². The van der Waals surface area contributed by atoms with Crippen LogP contribution in [0, 0.1) is 11.8 Å². The van der Waals surface area contributed by atoms with Crippen molar-refractivity contribution < 1.29 is 29.0 Å². The predicted molar refractivity (Wildman–Crippen MR) is 116 cm³/mol. The Kier molecular flexibility index (Phi) is 5.67. The van der Waals surface area contributed by atoms with Gasteiger partial charge in [0.05, 0.1) is 37.2 Å². The van der Waals surface area contributed by atoms with Gasteiger partial charge in [-0.1, -0.05) is 6.92 Å². The lowest BCUT2D eigenvalue weighted by molar-refractivity contribution is -0.147. The lowest BCUT2D eigenvalue weighted by Gasteiger charge is -2.36. The van der Waals surface area contributed by atoms with Crippen molar-refractivity contribution in [2.45, 2.75) is 56.4 Å². The monoisotopic (exact) mass is 445 g/mol. The van der Waals surface area contributed by atoms with Gasteiger partial charge in [0.25, 0.3) is 0 Å². The summed E-state index contributed by atoms with van der Waals surface area (Å²) in [4.78, 5) is 41.6. The Hall–Kier alpha value is -2.65. The molecule has 9 heteroatoms. The summed E-state index contributed by atoms with van der Waals surface area (Å²) in [6, 6.07) is 5.41. The third-order valence-electron chi connectivity index (χ3n) is 7.42. The standard InChI is InChI=1S/C23H31N3O6/c1-5-14(12-27)26-18(20(29)25-13-6-8-15(31-4)9-7-13)23-11-10-22(2,32-23)16(19(28)24-3)17(23)21(26)30/h6-9,14,16-18,27H,5,10-12H2,1-4H3,(H,24,28)(H,25,29)/t14-,16+,17-,18?,22-,23?/m0/s1. The zero-order valence-corrected chi connectivity index (χ0v) is 18.9. The molecule has 2 bridgehead atoms. The summed E-state index contributed by atoms with van der Waals surface area (Å²) in [5, 5.41) is 15.6. The molecule has 3 heterocycles. The Balaban J connectivity index is 1.74. The number of benzene rings is 1. The van der Waals surface area contributed by atoms with Crippen LogP contribution < -0.4 is 15.4 Å². The lowest BCUT2D eigenvalue weighted by atomic mass is 9.66. The van der Waals surface area contributed by atoms with E-state index in [0.29, 0.717) is 30.7 Å². The summed E-state index contributed by atoms with van der Waals surface area (Å²) >= 11 is 0. The number of aliphatic hydroxyl groups excluding tert-OH is 1. The van der Waals surface area contributed by atoms with Crippen molar-refractivity contribution in [1.29, 1.82) is 0 Å². The highest BCUT2D eigenvalue weighted by atomic mass is 16.5. The van der Waals surface area contributed by atoms with Crippen molar-refractivity contribution in [1.82, 2.24) is 10.2 Å². The highest BCUT2D eigenvalue weighted by Crippen LogP contribution is 2.63. The molecule has 174 valence electrons. The predicted octanol–water partition coefficient (Wildman–Crippen LogP) is 0.915. The molecule has 1 aromatic carbocycles. The van der Waals surface area contributed by atoms with E-state index in [2.05, 4.69) is 10.6 Å². The number of anilines is 1. The maximum atomic E-state index is 13.7. The highest BCUT2D eigenvalue weighted by Gasteiger charge is 2.78. The van der Waals surface area contributed by atoms with Crippen LogP contribution in [0.1, 0.15) is 33.1 Å². The summed E-state index contributed by atoms with van der Waals surface area (Å²) < 4.78 is 11.6. The molecule has 6 atom stereocenters. The maximum Gasteiger partial charge on any atom is 0.250 e. The van der Waals surface area contributed by atoms with Crippen LogP contribution >= 0.6 is 0 Å². The van der Waals surface area contributed by atoms with E-state index in [1.165, 1.54) is 11.9 Å². The van der Waals surface area contributed by atoms with Gasteiger partial charge in [-0.05, 0) is 50.5 Å². The number of hydrogen-bond acceptors (Lipinski definition) is 6. The number of methoxy groups -OCH3 is 1. The number of fused-ring (bicyclic) bond motifs is 1. The van der Waals surface area contributed by atoms with Crippen LogP contribution in [0.4, 0.5) is 5.69 Å². The summed E-state index contributed by atoms with van der Waals surface area (Å²) in [5.74, 6) is -1.76. The molecule has 3 aliphatic heterocycles. The van der Waals surface area contributed by atoms with E-state index in [1.807, 2.05) is 13.8 Å². The minimum atomic E-state index is -1.11. The van der Waals surface area contributed by atoms with Crippen LogP contribution in [0.2, 0.25) is 0 Å². The zero-order chi connectivity index (χ0) is 23.3. The van der Waals surface area contributed by atoms with Crippen LogP contribution in [0.5, 0.6) is 5.75 Å². The number of amides is 3. The Labute approximate surface area is 187 Å². The van der Waals surface area contributed by atoms with Crippen LogP contribution in [-0.4, -0.2) is 71.8 Å². The number of carbonyl (C=O) groups excluding carboxylic acids is 3. The third-order valence-corrected chi connectivity index (χ3v) is 7.42. The quantitative estimate of drug-likeness (QED) is 0.575. The lowest BCUT2D eigenvalue weighted by Crippen LogP contribution is -2.56. The van der Waals surface area contributed by atoms with E-state index in [0.717, 1.165) is 0 Å². The Bertz CT molecular complexity index is 917. The second-order valence-electron chi connectivity index (χ2n) is 9.05. The van der Waals surface area contributed by atoms with Gasteiger partial charge in [-0.25, -0.2) is 0 Å². The molecule has 1 aromatic rings. The van der Waals surface area contributed by atoms with Crippen molar-refractivity contribution in [2.24, 2.45) is 11.8 Å². The molecule has 4 rings (SSSR count). The first kappa shape index (κ1) is 22.5. The molecule has 0 aromatic heterocycles. The molecule has 32 heavy (non-hydrogen) atoms. The third kappa shape index (κ3) is 3.09. The normalized spacial score (nSPS) is 33.7. The maximum absolute atomic E-state index is 13.7. The number of hydrogen-bond donors (Lipinski definition) is 3. The molecular formula is C23H31N3O6. The summed E-state index contributed by atoms with van der Waals surface area (Å²) in [7, 11) is 3.10. The van der Waals surface area contributed by atoms with Crippen molar-refractivity contribution in [3.05, 3.63) is 24.3 Å². The molecule has 2 unspecified atom stereocenters. The Morgan fingerprint density at radius 3 is 2.53 bits per heavy atom. The fourth-order valence-corrected chi connectivity index (χ4v) is 5.91. The van der Waals surface area contributed by atoms with Gasteiger partial charge >= 0.3 is 0 Å². The van der Waals surface area contributed by atoms with Gasteiger partial charge in [-0.2, -0.15) is 0 Å². The van der Waals surface area contributed by atoms with Gasteiger partial charge in [-0.15, -0.1) is 0 Å². The van der Waals surface area contributed by atoms with Crippen molar-refractivity contribution in [2.75, 3.05) is 26.1 Å². The Morgan fingerprint density at radius 2 is 1.97 bits per heavy atom. The molecule has 3 amide bonds.